The molecule has 1 saturated heterocycles. The van der Waals surface area contributed by atoms with Gasteiger partial charge in [0, 0.05) is 18.2 Å². The van der Waals surface area contributed by atoms with E-state index in [2.05, 4.69) is 0 Å². The minimum absolute atomic E-state index is 0.00518. The third-order valence-corrected chi connectivity index (χ3v) is 5.43. The largest absolute Gasteiger partial charge is 0.507 e. The van der Waals surface area contributed by atoms with E-state index < -0.39 is 23.7 Å². The van der Waals surface area contributed by atoms with Crippen molar-refractivity contribution >= 4 is 29.1 Å². The fourth-order valence-corrected chi connectivity index (χ4v) is 4.14. The standard InChI is InChI=1S/C27H23NO5/c1-16-13-17(2)15-21(14-16)28-24(19-9-11-22(12-10-19)33-18(3)29)23(26(31)27(28)32)25(30)20-7-5-4-6-8-20/h4-15,24,30H,1-3H3/b25-23+. The number of carbonyl (C=O) groups excluding carboxylic acids is 3. The number of benzene rings is 3. The number of Topliss-reactive ketones (excluding diaryl/α,β-unsaturated/α-hetero) is 1. The van der Waals surface area contributed by atoms with Crippen molar-refractivity contribution < 1.29 is 24.2 Å². The monoisotopic (exact) mass is 441 g/mol. The van der Waals surface area contributed by atoms with Crippen LogP contribution in [0.15, 0.2) is 78.4 Å². The smallest absolute Gasteiger partial charge is 0.308 e. The molecule has 1 atom stereocenters. The van der Waals surface area contributed by atoms with Gasteiger partial charge in [0.25, 0.3) is 11.7 Å². The Morgan fingerprint density at radius 1 is 0.909 bits per heavy atom. The normalized spacial score (nSPS) is 17.3. The van der Waals surface area contributed by atoms with Crippen LogP contribution in [0.3, 0.4) is 0 Å². The number of aryl methyl sites for hydroxylation is 2. The molecule has 0 aliphatic carbocycles. The van der Waals surface area contributed by atoms with Gasteiger partial charge in [0.2, 0.25) is 0 Å². The molecular weight excluding hydrogens is 418 g/mol. The number of ether oxygens (including phenoxy) is 1. The average molecular weight is 441 g/mol. The molecule has 0 aromatic heterocycles. The zero-order valence-corrected chi connectivity index (χ0v) is 18.5. The van der Waals surface area contributed by atoms with Crippen LogP contribution in [-0.2, 0) is 14.4 Å². The van der Waals surface area contributed by atoms with Gasteiger partial charge in [-0.1, -0.05) is 48.5 Å². The van der Waals surface area contributed by atoms with Crippen LogP contribution in [0.5, 0.6) is 5.75 Å². The minimum atomic E-state index is -0.849. The van der Waals surface area contributed by atoms with Gasteiger partial charge < -0.3 is 9.84 Å². The summed E-state index contributed by atoms with van der Waals surface area (Å²) in [6.45, 7) is 5.14. The van der Waals surface area contributed by atoms with Crippen molar-refractivity contribution in [2.24, 2.45) is 0 Å². The number of hydrogen-bond acceptors (Lipinski definition) is 5. The molecule has 0 saturated carbocycles. The second-order valence-electron chi connectivity index (χ2n) is 8.04. The van der Waals surface area contributed by atoms with Crippen molar-refractivity contribution in [1.29, 1.82) is 0 Å². The predicted molar refractivity (Wildman–Crippen MR) is 125 cm³/mol. The number of aliphatic hydroxyl groups excluding tert-OH is 1. The summed E-state index contributed by atoms with van der Waals surface area (Å²) in [5, 5.41) is 11.1. The summed E-state index contributed by atoms with van der Waals surface area (Å²) >= 11 is 0. The van der Waals surface area contributed by atoms with E-state index in [4.69, 9.17) is 4.74 Å². The van der Waals surface area contributed by atoms with Gasteiger partial charge in [0.15, 0.2) is 0 Å². The van der Waals surface area contributed by atoms with Gasteiger partial charge in [-0.25, -0.2) is 0 Å². The van der Waals surface area contributed by atoms with Crippen LogP contribution in [0.1, 0.15) is 35.2 Å². The molecule has 1 heterocycles. The minimum Gasteiger partial charge on any atom is -0.507 e. The molecule has 3 aromatic rings. The van der Waals surface area contributed by atoms with E-state index in [0.717, 1.165) is 11.1 Å². The molecule has 166 valence electrons. The summed E-state index contributed by atoms with van der Waals surface area (Å²) in [5.74, 6) is -1.82. The number of aliphatic hydroxyl groups is 1. The number of amides is 1. The Kier molecular flexibility index (Phi) is 5.84. The third-order valence-electron chi connectivity index (χ3n) is 5.43. The second kappa shape index (κ2) is 8.74. The van der Waals surface area contributed by atoms with Gasteiger partial charge in [-0.2, -0.15) is 0 Å². The molecule has 0 radical (unpaired) electrons. The lowest BCUT2D eigenvalue weighted by atomic mass is 9.95. The Bertz CT molecular complexity index is 1260. The first kappa shape index (κ1) is 22.0. The second-order valence-corrected chi connectivity index (χ2v) is 8.04. The maximum absolute atomic E-state index is 13.2. The van der Waals surface area contributed by atoms with Crippen LogP contribution >= 0.6 is 0 Å². The fourth-order valence-electron chi connectivity index (χ4n) is 4.14. The summed E-state index contributed by atoms with van der Waals surface area (Å²) in [5.41, 5.74) is 3.50. The molecule has 1 amide bonds. The molecule has 0 bridgehead atoms. The van der Waals surface area contributed by atoms with Gasteiger partial charge in [0.1, 0.15) is 11.5 Å². The van der Waals surface area contributed by atoms with Crippen LogP contribution in [0.2, 0.25) is 0 Å². The van der Waals surface area contributed by atoms with Crippen molar-refractivity contribution in [1.82, 2.24) is 0 Å². The number of hydrogen-bond donors (Lipinski definition) is 1. The van der Waals surface area contributed by atoms with E-state index in [-0.39, 0.29) is 11.3 Å². The first-order chi connectivity index (χ1) is 15.8. The highest BCUT2D eigenvalue weighted by Crippen LogP contribution is 2.42. The highest BCUT2D eigenvalue weighted by molar-refractivity contribution is 6.51. The van der Waals surface area contributed by atoms with E-state index in [1.165, 1.54) is 11.8 Å². The van der Waals surface area contributed by atoms with E-state index in [1.807, 2.05) is 32.0 Å². The zero-order valence-electron chi connectivity index (χ0n) is 18.5. The Balaban J connectivity index is 1.92. The number of anilines is 1. The Hall–Kier alpha value is -4.19. The number of carbonyl (C=O) groups is 3. The molecule has 0 spiro atoms. The quantitative estimate of drug-likeness (QED) is 0.206. The first-order valence-electron chi connectivity index (χ1n) is 10.5. The summed E-state index contributed by atoms with van der Waals surface area (Å²) < 4.78 is 5.11. The Morgan fingerprint density at radius 2 is 1.52 bits per heavy atom. The van der Waals surface area contributed by atoms with Crippen LogP contribution in [-0.4, -0.2) is 22.8 Å². The van der Waals surface area contributed by atoms with Crippen molar-refractivity contribution in [3.63, 3.8) is 0 Å². The third kappa shape index (κ3) is 4.28. The highest BCUT2D eigenvalue weighted by atomic mass is 16.5. The molecule has 4 rings (SSSR count). The Morgan fingerprint density at radius 3 is 2.09 bits per heavy atom. The van der Waals surface area contributed by atoms with Crippen LogP contribution in [0.4, 0.5) is 5.69 Å². The van der Waals surface area contributed by atoms with Crippen LogP contribution in [0, 0.1) is 13.8 Å². The SMILES string of the molecule is CC(=O)Oc1ccc(C2/C(=C(\O)c3ccccc3)C(=O)C(=O)N2c2cc(C)cc(C)c2)cc1. The lowest BCUT2D eigenvalue weighted by molar-refractivity contribution is -0.132. The molecule has 1 fully saturated rings. The molecule has 1 N–H and O–H groups in total. The van der Waals surface area contributed by atoms with Crippen molar-refractivity contribution in [3.8, 4) is 5.75 Å². The van der Waals surface area contributed by atoms with Crippen LogP contribution < -0.4 is 9.64 Å². The molecule has 1 unspecified atom stereocenters. The molecule has 33 heavy (non-hydrogen) atoms. The molecule has 1 aliphatic heterocycles. The van der Waals surface area contributed by atoms with Crippen LogP contribution in [0.25, 0.3) is 5.76 Å². The number of esters is 1. The van der Waals surface area contributed by atoms with E-state index in [0.29, 0.717) is 22.6 Å². The van der Waals surface area contributed by atoms with Gasteiger partial charge in [-0.05, 0) is 54.8 Å². The molecule has 6 nitrogen and oxygen atoms in total. The number of ketones is 1. The summed E-state index contributed by atoms with van der Waals surface area (Å²) in [6, 6.07) is 20.0. The number of nitrogens with zero attached hydrogens (tertiary/aromatic N) is 1. The van der Waals surface area contributed by atoms with Crippen molar-refractivity contribution in [3.05, 3.63) is 101 Å². The molecular formula is C27H23NO5. The summed E-state index contributed by atoms with van der Waals surface area (Å²) in [7, 11) is 0. The zero-order chi connectivity index (χ0) is 23.7. The van der Waals surface area contributed by atoms with Gasteiger partial charge in [-0.15, -0.1) is 0 Å². The van der Waals surface area contributed by atoms with Gasteiger partial charge in [0.05, 0.1) is 11.6 Å². The van der Waals surface area contributed by atoms with Gasteiger partial charge in [-0.3, -0.25) is 19.3 Å². The first-order valence-corrected chi connectivity index (χ1v) is 10.5. The van der Waals surface area contributed by atoms with E-state index in [9.17, 15) is 19.5 Å². The highest BCUT2D eigenvalue weighted by Gasteiger charge is 2.47. The number of rotatable bonds is 4. The maximum Gasteiger partial charge on any atom is 0.308 e. The summed E-state index contributed by atoms with van der Waals surface area (Å²) in [6.07, 6.45) is 0. The van der Waals surface area contributed by atoms with E-state index in [1.54, 1.807) is 54.6 Å². The lowest BCUT2D eigenvalue weighted by Crippen LogP contribution is -2.29. The molecule has 3 aromatic carbocycles. The van der Waals surface area contributed by atoms with Gasteiger partial charge >= 0.3 is 5.97 Å². The topological polar surface area (TPSA) is 83.9 Å². The van der Waals surface area contributed by atoms with E-state index >= 15 is 0 Å². The molecule has 1 aliphatic rings. The maximum atomic E-state index is 13.2. The lowest BCUT2D eigenvalue weighted by Gasteiger charge is -2.26. The predicted octanol–water partition coefficient (Wildman–Crippen LogP) is 4.86. The fraction of sp³-hybridized carbons (Fsp3) is 0.148. The Labute approximate surface area is 191 Å². The van der Waals surface area contributed by atoms with Crippen molar-refractivity contribution in [2.45, 2.75) is 26.8 Å². The average Bonchev–Trinajstić information content (AvgIpc) is 3.04. The van der Waals surface area contributed by atoms with Crippen molar-refractivity contribution in [2.75, 3.05) is 4.90 Å². The molecule has 6 heteroatoms. The summed E-state index contributed by atoms with van der Waals surface area (Å²) in [4.78, 5) is 39.1.